The Kier molecular flexibility index (Phi) is 9.11. The Hall–Kier alpha value is -1.56. The van der Waals surface area contributed by atoms with Crippen LogP contribution >= 0.6 is 0 Å². The van der Waals surface area contributed by atoms with Gasteiger partial charge >= 0.3 is 0 Å². The van der Waals surface area contributed by atoms with Crippen molar-refractivity contribution in [2.75, 3.05) is 32.7 Å². The highest BCUT2D eigenvalue weighted by Gasteiger charge is 2.20. The molecule has 2 N–H and O–H groups in total. The zero-order chi connectivity index (χ0) is 19.6. The van der Waals surface area contributed by atoms with E-state index in [2.05, 4.69) is 60.3 Å². The van der Waals surface area contributed by atoms with E-state index in [0.29, 0.717) is 12.5 Å². The van der Waals surface area contributed by atoms with Crippen molar-refractivity contribution in [3.05, 3.63) is 17.5 Å². The van der Waals surface area contributed by atoms with Gasteiger partial charge in [0.05, 0.1) is 5.69 Å². The predicted molar refractivity (Wildman–Crippen MR) is 112 cm³/mol. The first kappa shape index (κ1) is 21.7. The summed E-state index contributed by atoms with van der Waals surface area (Å²) in [6, 6.07) is 2.00. The molecule has 2 unspecified atom stereocenters. The van der Waals surface area contributed by atoms with Crippen molar-refractivity contribution in [2.24, 2.45) is 16.8 Å². The van der Waals surface area contributed by atoms with Crippen LogP contribution in [-0.4, -0.2) is 48.7 Å². The molecule has 154 valence electrons. The molecule has 0 spiro atoms. The molecule has 0 radical (unpaired) electrons. The number of aromatic nitrogens is 1. The third-order valence-electron chi connectivity index (χ3n) is 5.04. The van der Waals surface area contributed by atoms with Gasteiger partial charge in [-0.2, -0.15) is 0 Å². The minimum atomic E-state index is 0.378. The van der Waals surface area contributed by atoms with Crippen molar-refractivity contribution in [3.63, 3.8) is 0 Å². The number of nitrogens with zero attached hydrogens (tertiary/aromatic N) is 3. The number of hydrogen-bond donors (Lipinski definition) is 2. The molecule has 6 nitrogen and oxygen atoms in total. The van der Waals surface area contributed by atoms with E-state index < -0.39 is 0 Å². The van der Waals surface area contributed by atoms with Crippen molar-refractivity contribution < 1.29 is 4.52 Å². The summed E-state index contributed by atoms with van der Waals surface area (Å²) in [5.41, 5.74) is 0.986. The van der Waals surface area contributed by atoms with E-state index in [1.54, 1.807) is 0 Å². The lowest BCUT2D eigenvalue weighted by Crippen LogP contribution is -2.40. The maximum atomic E-state index is 5.36. The highest BCUT2D eigenvalue weighted by atomic mass is 16.5. The largest absolute Gasteiger partial charge is 0.359 e. The van der Waals surface area contributed by atoms with E-state index in [9.17, 15) is 0 Å². The third-order valence-corrected chi connectivity index (χ3v) is 5.04. The number of rotatable bonds is 9. The zero-order valence-corrected chi connectivity index (χ0v) is 17.9. The first-order chi connectivity index (χ1) is 13.0. The summed E-state index contributed by atoms with van der Waals surface area (Å²) in [5.74, 6) is 3.71. The van der Waals surface area contributed by atoms with E-state index in [1.807, 2.05) is 6.07 Å². The fourth-order valence-corrected chi connectivity index (χ4v) is 3.82. The fourth-order valence-electron chi connectivity index (χ4n) is 3.82. The van der Waals surface area contributed by atoms with Crippen LogP contribution in [0.25, 0.3) is 0 Å². The Bertz CT molecular complexity index is 559. The van der Waals surface area contributed by atoms with Crippen LogP contribution in [0.2, 0.25) is 0 Å². The Balaban J connectivity index is 1.69. The normalized spacial score (nSPS) is 21.6. The van der Waals surface area contributed by atoms with E-state index >= 15 is 0 Å². The molecule has 27 heavy (non-hydrogen) atoms. The average Bonchev–Trinajstić information content (AvgIpc) is 3.08. The summed E-state index contributed by atoms with van der Waals surface area (Å²) in [6.07, 6.45) is 3.76. The molecule has 0 saturated carbocycles. The molecule has 1 aliphatic rings. The summed E-state index contributed by atoms with van der Waals surface area (Å²) in [5, 5.41) is 10.8. The highest BCUT2D eigenvalue weighted by molar-refractivity contribution is 5.79. The second-order valence-electron chi connectivity index (χ2n) is 8.41. The van der Waals surface area contributed by atoms with Crippen LogP contribution in [0.15, 0.2) is 15.6 Å². The third kappa shape index (κ3) is 7.91. The maximum absolute atomic E-state index is 5.36. The molecule has 1 aliphatic heterocycles. The molecule has 2 rings (SSSR count). The quantitative estimate of drug-likeness (QED) is 0.391. The highest BCUT2D eigenvalue weighted by Crippen LogP contribution is 2.21. The van der Waals surface area contributed by atoms with Crippen LogP contribution in [0.1, 0.15) is 71.3 Å². The van der Waals surface area contributed by atoms with Crippen LogP contribution in [-0.2, 0) is 6.54 Å². The lowest BCUT2D eigenvalue weighted by Gasteiger charge is -2.34. The lowest BCUT2D eigenvalue weighted by molar-refractivity contribution is 0.139. The number of hydrogen-bond acceptors (Lipinski definition) is 4. The van der Waals surface area contributed by atoms with Crippen molar-refractivity contribution in [3.8, 4) is 0 Å². The lowest BCUT2D eigenvalue weighted by atomic mass is 9.92. The monoisotopic (exact) mass is 377 g/mol. The summed E-state index contributed by atoms with van der Waals surface area (Å²) >= 11 is 0. The van der Waals surface area contributed by atoms with E-state index in [1.165, 1.54) is 32.5 Å². The van der Waals surface area contributed by atoms with Gasteiger partial charge in [-0.25, -0.2) is 4.99 Å². The smallest absolute Gasteiger partial charge is 0.191 e. The van der Waals surface area contributed by atoms with Gasteiger partial charge in [0.1, 0.15) is 6.54 Å². The number of unbranched alkanes of at least 4 members (excludes halogenated alkanes) is 1. The number of nitrogens with one attached hydrogen (secondary N) is 2. The van der Waals surface area contributed by atoms with Gasteiger partial charge in [0.15, 0.2) is 11.7 Å². The van der Waals surface area contributed by atoms with Gasteiger partial charge in [-0.15, -0.1) is 0 Å². The minimum absolute atomic E-state index is 0.378. The van der Waals surface area contributed by atoms with Crippen LogP contribution < -0.4 is 10.6 Å². The molecule has 0 bridgehead atoms. The van der Waals surface area contributed by atoms with E-state index in [-0.39, 0.29) is 0 Å². The van der Waals surface area contributed by atoms with Crippen molar-refractivity contribution in [2.45, 2.75) is 66.3 Å². The Morgan fingerprint density at radius 3 is 2.63 bits per heavy atom. The van der Waals surface area contributed by atoms with Crippen LogP contribution in [0.5, 0.6) is 0 Å². The van der Waals surface area contributed by atoms with Crippen LogP contribution in [0.4, 0.5) is 0 Å². The maximum Gasteiger partial charge on any atom is 0.191 e. The summed E-state index contributed by atoms with van der Waals surface area (Å²) in [6.45, 7) is 17.1. The van der Waals surface area contributed by atoms with Crippen LogP contribution in [0.3, 0.4) is 0 Å². The van der Waals surface area contributed by atoms with Gasteiger partial charge in [0, 0.05) is 32.2 Å². The molecular weight excluding hydrogens is 338 g/mol. The van der Waals surface area contributed by atoms with E-state index in [0.717, 1.165) is 48.8 Å². The minimum Gasteiger partial charge on any atom is -0.359 e. The zero-order valence-electron chi connectivity index (χ0n) is 17.9. The van der Waals surface area contributed by atoms with Gasteiger partial charge in [0.25, 0.3) is 0 Å². The Morgan fingerprint density at radius 1 is 1.26 bits per heavy atom. The Morgan fingerprint density at radius 2 is 2.00 bits per heavy atom. The van der Waals surface area contributed by atoms with Crippen molar-refractivity contribution in [1.29, 1.82) is 0 Å². The second-order valence-corrected chi connectivity index (χ2v) is 8.41. The summed E-state index contributed by atoms with van der Waals surface area (Å²) in [4.78, 5) is 7.25. The topological polar surface area (TPSA) is 65.7 Å². The first-order valence-electron chi connectivity index (χ1n) is 10.7. The molecule has 0 aromatic carbocycles. The number of guanidine groups is 1. The molecule has 0 amide bonds. The molecule has 1 aromatic heterocycles. The van der Waals surface area contributed by atoms with Gasteiger partial charge in [-0.05, 0) is 50.5 Å². The predicted octanol–water partition coefficient (Wildman–Crippen LogP) is 3.61. The Labute approximate surface area is 165 Å². The van der Waals surface area contributed by atoms with Crippen LogP contribution in [0, 0.1) is 11.8 Å². The van der Waals surface area contributed by atoms with Gasteiger partial charge in [-0.1, -0.05) is 32.9 Å². The molecule has 2 atom stereocenters. The summed E-state index contributed by atoms with van der Waals surface area (Å²) in [7, 11) is 0. The molecule has 1 saturated heterocycles. The van der Waals surface area contributed by atoms with Gasteiger partial charge < -0.3 is 20.1 Å². The average molecular weight is 378 g/mol. The van der Waals surface area contributed by atoms with Crippen molar-refractivity contribution in [1.82, 2.24) is 20.7 Å². The second kappa shape index (κ2) is 11.3. The van der Waals surface area contributed by atoms with E-state index in [4.69, 9.17) is 4.52 Å². The molecular formula is C21H39N5O. The van der Waals surface area contributed by atoms with Gasteiger partial charge in [0.2, 0.25) is 0 Å². The standard InChI is InChI=1S/C21H39N5O/c1-6-22-21(24-13-19-12-20(16(2)3)25-27-19)23-9-7-8-10-26-14-17(4)11-18(5)15-26/h12,16-18H,6-11,13-15H2,1-5H3,(H2,22,23,24). The first-order valence-corrected chi connectivity index (χ1v) is 10.7. The molecule has 6 heteroatoms. The number of aliphatic imine (C=N–C) groups is 1. The SMILES string of the molecule is CCNC(=NCc1cc(C(C)C)no1)NCCCCN1CC(C)CC(C)C1. The number of likely N-dealkylation sites (tertiary alicyclic amines) is 1. The fraction of sp³-hybridized carbons (Fsp3) is 0.810. The van der Waals surface area contributed by atoms with Crippen molar-refractivity contribution >= 4 is 5.96 Å². The number of piperidine rings is 1. The summed E-state index contributed by atoms with van der Waals surface area (Å²) < 4.78 is 5.36. The molecule has 0 aliphatic carbocycles. The molecule has 2 heterocycles. The molecule has 1 fully saturated rings. The van der Waals surface area contributed by atoms with Gasteiger partial charge in [-0.3, -0.25) is 0 Å². The molecule has 1 aromatic rings.